The molecule has 1 nitrogen and oxygen atoms in total. The molecule has 0 aliphatic heterocycles. The van der Waals surface area contributed by atoms with E-state index < -0.39 is 0 Å². The molecule has 1 aliphatic rings. The zero-order valence-electron chi connectivity index (χ0n) is 4.39. The summed E-state index contributed by atoms with van der Waals surface area (Å²) in [6.07, 6.45) is 4.28. The third-order valence-corrected chi connectivity index (χ3v) is 2.22. The van der Waals surface area contributed by atoms with Crippen LogP contribution in [0, 0.1) is 5.92 Å². The maximum absolute atomic E-state index is 5.26. The molecule has 2 heteroatoms. The third kappa shape index (κ3) is 1.35. The highest BCUT2D eigenvalue weighted by Gasteiger charge is 2.15. The SMILES string of the molecule is NSCC1CCC1. The van der Waals surface area contributed by atoms with E-state index in [1.807, 2.05) is 0 Å². The highest BCUT2D eigenvalue weighted by Crippen LogP contribution is 2.27. The quantitative estimate of drug-likeness (QED) is 0.553. The van der Waals surface area contributed by atoms with Gasteiger partial charge in [0.1, 0.15) is 0 Å². The average molecular weight is 117 g/mol. The van der Waals surface area contributed by atoms with Gasteiger partial charge in [0.15, 0.2) is 0 Å². The van der Waals surface area contributed by atoms with E-state index in [9.17, 15) is 0 Å². The van der Waals surface area contributed by atoms with Crippen LogP contribution in [0.5, 0.6) is 0 Å². The molecule has 1 fully saturated rings. The van der Waals surface area contributed by atoms with Crippen molar-refractivity contribution >= 4 is 11.9 Å². The predicted octanol–water partition coefficient (Wildman–Crippen LogP) is 1.39. The van der Waals surface area contributed by atoms with Crippen molar-refractivity contribution in [3.05, 3.63) is 0 Å². The minimum absolute atomic E-state index is 0.968. The van der Waals surface area contributed by atoms with Crippen molar-refractivity contribution in [1.29, 1.82) is 0 Å². The molecule has 0 aromatic heterocycles. The largest absolute Gasteiger partial charge is 0.278 e. The Bertz CT molecular complexity index is 52.0. The van der Waals surface area contributed by atoms with Crippen LogP contribution in [0.25, 0.3) is 0 Å². The minimum Gasteiger partial charge on any atom is -0.278 e. The third-order valence-electron chi connectivity index (χ3n) is 1.56. The monoisotopic (exact) mass is 117 g/mol. The van der Waals surface area contributed by atoms with Crippen molar-refractivity contribution < 1.29 is 0 Å². The summed E-state index contributed by atoms with van der Waals surface area (Å²) in [5.41, 5.74) is 0. The lowest BCUT2D eigenvalue weighted by molar-refractivity contribution is 0.353. The van der Waals surface area contributed by atoms with Gasteiger partial charge in [-0.05, 0) is 18.8 Å². The second-order valence-corrected chi connectivity index (χ2v) is 2.80. The van der Waals surface area contributed by atoms with E-state index in [1.54, 1.807) is 0 Å². The molecule has 0 amide bonds. The number of hydrogen-bond donors (Lipinski definition) is 1. The van der Waals surface area contributed by atoms with Crippen LogP contribution in [0.3, 0.4) is 0 Å². The van der Waals surface area contributed by atoms with Gasteiger partial charge >= 0.3 is 0 Å². The van der Waals surface area contributed by atoms with Crippen LogP contribution in [-0.4, -0.2) is 5.75 Å². The summed E-state index contributed by atoms with van der Waals surface area (Å²) in [6.45, 7) is 0. The predicted molar refractivity (Wildman–Crippen MR) is 34.0 cm³/mol. The van der Waals surface area contributed by atoms with Crippen LogP contribution >= 0.6 is 11.9 Å². The topological polar surface area (TPSA) is 26.0 Å². The van der Waals surface area contributed by atoms with Gasteiger partial charge in [0.2, 0.25) is 0 Å². The van der Waals surface area contributed by atoms with Crippen molar-refractivity contribution in [1.82, 2.24) is 0 Å². The smallest absolute Gasteiger partial charge is 0.0105 e. The molecule has 1 saturated carbocycles. The Morgan fingerprint density at radius 1 is 1.57 bits per heavy atom. The molecular weight excluding hydrogens is 106 g/mol. The van der Waals surface area contributed by atoms with Gasteiger partial charge in [0, 0.05) is 5.75 Å². The van der Waals surface area contributed by atoms with Crippen LogP contribution < -0.4 is 5.14 Å². The maximum atomic E-state index is 5.26. The Morgan fingerprint density at radius 2 is 2.29 bits per heavy atom. The molecular formula is C5H11NS. The van der Waals surface area contributed by atoms with Gasteiger partial charge in [0.05, 0.1) is 0 Å². The molecule has 0 aromatic rings. The van der Waals surface area contributed by atoms with E-state index >= 15 is 0 Å². The first kappa shape index (κ1) is 5.45. The number of rotatable bonds is 2. The summed E-state index contributed by atoms with van der Waals surface area (Å²) in [5.74, 6) is 2.15. The fourth-order valence-electron chi connectivity index (χ4n) is 0.796. The van der Waals surface area contributed by atoms with Crippen LogP contribution in [0.2, 0.25) is 0 Å². The summed E-state index contributed by atoms with van der Waals surface area (Å²) in [6, 6.07) is 0. The fourth-order valence-corrected chi connectivity index (χ4v) is 1.40. The van der Waals surface area contributed by atoms with Gasteiger partial charge in [-0.15, -0.1) is 0 Å². The first-order valence-electron chi connectivity index (χ1n) is 2.75. The lowest BCUT2D eigenvalue weighted by Gasteiger charge is -2.23. The Morgan fingerprint density at radius 3 is 2.43 bits per heavy atom. The zero-order valence-corrected chi connectivity index (χ0v) is 5.21. The standard InChI is InChI=1S/C5H11NS/c6-7-4-5-2-1-3-5/h5H,1-4,6H2. The highest BCUT2D eigenvalue weighted by atomic mass is 32.2. The summed E-state index contributed by atoms with van der Waals surface area (Å²) in [5, 5.41) is 5.26. The van der Waals surface area contributed by atoms with Crippen LogP contribution in [-0.2, 0) is 0 Å². The molecule has 2 N–H and O–H groups in total. The Balaban J connectivity index is 1.93. The molecule has 0 spiro atoms. The van der Waals surface area contributed by atoms with Crippen LogP contribution in [0.15, 0.2) is 0 Å². The summed E-state index contributed by atoms with van der Waals surface area (Å²) >= 11 is 1.49. The molecule has 0 aromatic carbocycles. The second-order valence-electron chi connectivity index (χ2n) is 2.13. The highest BCUT2D eigenvalue weighted by molar-refractivity contribution is 7.97. The maximum Gasteiger partial charge on any atom is 0.0105 e. The summed E-state index contributed by atoms with van der Waals surface area (Å²) < 4.78 is 0. The van der Waals surface area contributed by atoms with Crippen molar-refractivity contribution in [2.45, 2.75) is 19.3 Å². The second kappa shape index (κ2) is 2.58. The van der Waals surface area contributed by atoms with Gasteiger partial charge in [0.25, 0.3) is 0 Å². The van der Waals surface area contributed by atoms with E-state index in [2.05, 4.69) is 0 Å². The lowest BCUT2D eigenvalue weighted by atomic mass is 9.87. The van der Waals surface area contributed by atoms with Crippen molar-refractivity contribution in [2.75, 3.05) is 5.75 Å². The average Bonchev–Trinajstić information content (AvgIpc) is 1.55. The lowest BCUT2D eigenvalue weighted by Crippen LogP contribution is -2.14. The van der Waals surface area contributed by atoms with E-state index in [-0.39, 0.29) is 0 Å². The number of hydrogen-bond acceptors (Lipinski definition) is 2. The first-order valence-corrected chi connectivity index (χ1v) is 3.80. The van der Waals surface area contributed by atoms with Gasteiger partial charge in [-0.1, -0.05) is 18.4 Å². The summed E-state index contributed by atoms with van der Waals surface area (Å²) in [4.78, 5) is 0. The molecule has 0 unspecified atom stereocenters. The first-order chi connectivity index (χ1) is 3.43. The van der Waals surface area contributed by atoms with E-state index in [4.69, 9.17) is 5.14 Å². The Labute approximate surface area is 48.8 Å². The summed E-state index contributed by atoms with van der Waals surface area (Å²) in [7, 11) is 0. The van der Waals surface area contributed by atoms with Crippen molar-refractivity contribution in [2.24, 2.45) is 11.1 Å². The molecule has 0 atom stereocenters. The van der Waals surface area contributed by atoms with Crippen LogP contribution in [0.1, 0.15) is 19.3 Å². The molecule has 0 heterocycles. The van der Waals surface area contributed by atoms with Crippen molar-refractivity contribution in [3.8, 4) is 0 Å². The Hall–Kier alpha value is 0.310. The van der Waals surface area contributed by atoms with E-state index in [0.29, 0.717) is 0 Å². The van der Waals surface area contributed by atoms with E-state index in [1.165, 1.54) is 37.0 Å². The zero-order chi connectivity index (χ0) is 5.11. The molecule has 0 bridgehead atoms. The Kier molecular flexibility index (Phi) is 2.00. The molecule has 0 radical (unpaired) electrons. The van der Waals surface area contributed by atoms with Gasteiger partial charge in [-0.3, -0.25) is 5.14 Å². The van der Waals surface area contributed by atoms with Crippen LogP contribution in [0.4, 0.5) is 0 Å². The van der Waals surface area contributed by atoms with Gasteiger partial charge in [-0.2, -0.15) is 0 Å². The normalized spacial score (nSPS) is 21.9. The van der Waals surface area contributed by atoms with Crippen molar-refractivity contribution in [3.63, 3.8) is 0 Å². The van der Waals surface area contributed by atoms with E-state index in [0.717, 1.165) is 5.92 Å². The molecule has 1 aliphatic carbocycles. The van der Waals surface area contributed by atoms with Gasteiger partial charge in [-0.25, -0.2) is 0 Å². The number of nitrogens with two attached hydrogens (primary N) is 1. The molecule has 0 saturated heterocycles. The molecule has 1 rings (SSSR count). The van der Waals surface area contributed by atoms with Gasteiger partial charge < -0.3 is 0 Å². The molecule has 42 valence electrons. The fraction of sp³-hybridized carbons (Fsp3) is 1.00. The minimum atomic E-state index is 0.968. The molecule has 7 heavy (non-hydrogen) atoms.